The van der Waals surface area contributed by atoms with E-state index in [4.69, 9.17) is 19.7 Å². The third kappa shape index (κ3) is 7.74. The summed E-state index contributed by atoms with van der Waals surface area (Å²) >= 11 is 0. The Hall–Kier alpha value is -0.160. The van der Waals surface area contributed by atoms with Crippen molar-refractivity contribution in [2.75, 3.05) is 33.5 Å². The van der Waals surface area contributed by atoms with Gasteiger partial charge in [0, 0.05) is 13.7 Å². The van der Waals surface area contributed by atoms with Crippen molar-refractivity contribution in [3.05, 3.63) is 0 Å². The van der Waals surface area contributed by atoms with Gasteiger partial charge in [0.15, 0.2) is 0 Å². The van der Waals surface area contributed by atoms with E-state index in [2.05, 4.69) is 0 Å². The van der Waals surface area contributed by atoms with Crippen LogP contribution in [-0.4, -0.2) is 49.9 Å². The number of methoxy groups -OCH3 is 1. The van der Waals surface area contributed by atoms with E-state index in [1.54, 1.807) is 7.11 Å². The molecule has 2 N–H and O–H groups in total. The molecule has 0 aromatic heterocycles. The number of ether oxygens (including phenoxy) is 2. The van der Waals surface area contributed by atoms with Gasteiger partial charge in [-0.2, -0.15) is 0 Å². The zero-order valence-corrected chi connectivity index (χ0v) is 6.82. The van der Waals surface area contributed by atoms with Crippen molar-refractivity contribution in [2.45, 2.75) is 12.5 Å². The number of hydrogen-bond acceptors (Lipinski definition) is 4. The SMILES string of the molecule is COCCC(O)COCCO. The second-order valence-electron chi connectivity index (χ2n) is 2.23. The summed E-state index contributed by atoms with van der Waals surface area (Å²) in [6, 6.07) is 0. The molecule has 0 saturated heterocycles. The maximum Gasteiger partial charge on any atom is 0.0795 e. The van der Waals surface area contributed by atoms with E-state index in [1.807, 2.05) is 0 Å². The first kappa shape index (κ1) is 10.8. The van der Waals surface area contributed by atoms with E-state index in [0.717, 1.165) is 0 Å². The van der Waals surface area contributed by atoms with Gasteiger partial charge in [-0.3, -0.25) is 0 Å². The Balaban J connectivity index is 3.02. The van der Waals surface area contributed by atoms with Crippen LogP contribution in [0.3, 0.4) is 0 Å². The molecule has 0 rings (SSSR count). The van der Waals surface area contributed by atoms with Gasteiger partial charge >= 0.3 is 0 Å². The Labute approximate surface area is 66.7 Å². The highest BCUT2D eigenvalue weighted by Gasteiger charge is 2.02. The summed E-state index contributed by atoms with van der Waals surface area (Å²) in [4.78, 5) is 0. The molecule has 0 fully saturated rings. The predicted octanol–water partition coefficient (Wildman–Crippen LogP) is -0.607. The topological polar surface area (TPSA) is 58.9 Å². The second kappa shape index (κ2) is 7.94. The van der Waals surface area contributed by atoms with E-state index in [0.29, 0.717) is 13.0 Å². The fourth-order valence-electron chi connectivity index (χ4n) is 0.621. The van der Waals surface area contributed by atoms with Crippen LogP contribution in [0, 0.1) is 0 Å². The largest absolute Gasteiger partial charge is 0.394 e. The van der Waals surface area contributed by atoms with Gasteiger partial charge in [0.25, 0.3) is 0 Å². The summed E-state index contributed by atoms with van der Waals surface area (Å²) in [5.41, 5.74) is 0. The minimum Gasteiger partial charge on any atom is -0.394 e. The third-order valence-corrected chi connectivity index (χ3v) is 1.20. The average Bonchev–Trinajstić information content (AvgIpc) is 2.01. The summed E-state index contributed by atoms with van der Waals surface area (Å²) in [6.07, 6.45) is 0.0866. The molecule has 0 aliphatic heterocycles. The van der Waals surface area contributed by atoms with Crippen LogP contribution in [0.25, 0.3) is 0 Å². The highest BCUT2D eigenvalue weighted by Crippen LogP contribution is 1.92. The molecule has 0 bridgehead atoms. The molecule has 0 aromatic rings. The van der Waals surface area contributed by atoms with Gasteiger partial charge in [0.2, 0.25) is 0 Å². The van der Waals surface area contributed by atoms with Crippen LogP contribution in [0.1, 0.15) is 6.42 Å². The molecule has 11 heavy (non-hydrogen) atoms. The zero-order valence-electron chi connectivity index (χ0n) is 6.82. The van der Waals surface area contributed by atoms with Gasteiger partial charge in [0.1, 0.15) is 0 Å². The van der Waals surface area contributed by atoms with Crippen molar-refractivity contribution in [1.29, 1.82) is 0 Å². The highest BCUT2D eigenvalue weighted by atomic mass is 16.5. The fourth-order valence-corrected chi connectivity index (χ4v) is 0.621. The first-order valence-corrected chi connectivity index (χ1v) is 3.67. The molecule has 0 saturated carbocycles. The van der Waals surface area contributed by atoms with Gasteiger partial charge in [-0.25, -0.2) is 0 Å². The number of aliphatic hydroxyl groups excluding tert-OH is 2. The molecule has 0 aliphatic carbocycles. The number of hydrogen-bond donors (Lipinski definition) is 2. The van der Waals surface area contributed by atoms with Crippen molar-refractivity contribution in [3.63, 3.8) is 0 Å². The molecule has 68 valence electrons. The Morgan fingerprint density at radius 3 is 2.64 bits per heavy atom. The lowest BCUT2D eigenvalue weighted by Crippen LogP contribution is -2.18. The summed E-state index contributed by atoms with van der Waals surface area (Å²) in [5.74, 6) is 0. The van der Waals surface area contributed by atoms with E-state index in [1.165, 1.54) is 0 Å². The molecule has 4 heteroatoms. The Kier molecular flexibility index (Phi) is 7.83. The van der Waals surface area contributed by atoms with Crippen LogP contribution < -0.4 is 0 Å². The van der Waals surface area contributed by atoms with Crippen molar-refractivity contribution < 1.29 is 19.7 Å². The van der Waals surface area contributed by atoms with Crippen molar-refractivity contribution in [1.82, 2.24) is 0 Å². The van der Waals surface area contributed by atoms with Crippen LogP contribution in [0.2, 0.25) is 0 Å². The van der Waals surface area contributed by atoms with Gasteiger partial charge < -0.3 is 19.7 Å². The molecule has 0 amide bonds. The van der Waals surface area contributed by atoms with Crippen LogP contribution in [-0.2, 0) is 9.47 Å². The Morgan fingerprint density at radius 2 is 2.09 bits per heavy atom. The maximum absolute atomic E-state index is 9.12. The predicted molar refractivity (Wildman–Crippen MR) is 40.4 cm³/mol. The molecule has 1 atom stereocenters. The summed E-state index contributed by atoms with van der Waals surface area (Å²) in [7, 11) is 1.58. The van der Waals surface area contributed by atoms with E-state index >= 15 is 0 Å². The normalized spacial score (nSPS) is 13.4. The highest BCUT2D eigenvalue weighted by molar-refractivity contribution is 4.51. The second-order valence-corrected chi connectivity index (χ2v) is 2.23. The van der Waals surface area contributed by atoms with Gasteiger partial charge in [-0.05, 0) is 6.42 Å². The first-order valence-electron chi connectivity index (χ1n) is 3.67. The minimum atomic E-state index is -0.485. The molecule has 0 radical (unpaired) electrons. The molecule has 0 aliphatic rings. The molecule has 4 nitrogen and oxygen atoms in total. The average molecular weight is 164 g/mol. The fraction of sp³-hybridized carbons (Fsp3) is 1.00. The molecule has 1 unspecified atom stereocenters. The molecule has 0 aromatic carbocycles. The Bertz CT molecular complexity index is 76.8. The molecular formula is C7H16O4. The summed E-state index contributed by atoms with van der Waals surface area (Å²) < 4.78 is 9.64. The van der Waals surface area contributed by atoms with Gasteiger partial charge in [-0.1, -0.05) is 0 Å². The van der Waals surface area contributed by atoms with Crippen LogP contribution in [0.15, 0.2) is 0 Å². The van der Waals surface area contributed by atoms with E-state index in [-0.39, 0.29) is 19.8 Å². The minimum absolute atomic E-state index is 0.00298. The first-order chi connectivity index (χ1) is 5.31. The Morgan fingerprint density at radius 1 is 1.36 bits per heavy atom. The van der Waals surface area contributed by atoms with Crippen molar-refractivity contribution in [3.8, 4) is 0 Å². The van der Waals surface area contributed by atoms with Crippen LogP contribution in [0.4, 0.5) is 0 Å². The number of rotatable bonds is 7. The molecule has 0 spiro atoms. The van der Waals surface area contributed by atoms with Crippen LogP contribution >= 0.6 is 0 Å². The lowest BCUT2D eigenvalue weighted by atomic mass is 10.3. The van der Waals surface area contributed by atoms with Crippen molar-refractivity contribution >= 4 is 0 Å². The quantitative estimate of drug-likeness (QED) is 0.493. The van der Waals surface area contributed by atoms with E-state index in [9.17, 15) is 0 Å². The zero-order chi connectivity index (χ0) is 8.53. The summed E-state index contributed by atoms with van der Waals surface area (Å²) in [6.45, 7) is 1.08. The van der Waals surface area contributed by atoms with Crippen LogP contribution in [0.5, 0.6) is 0 Å². The van der Waals surface area contributed by atoms with Gasteiger partial charge in [-0.15, -0.1) is 0 Å². The smallest absolute Gasteiger partial charge is 0.0795 e. The molecular weight excluding hydrogens is 148 g/mol. The third-order valence-electron chi connectivity index (χ3n) is 1.20. The lowest BCUT2D eigenvalue weighted by Gasteiger charge is -2.09. The molecule has 0 heterocycles. The van der Waals surface area contributed by atoms with Crippen molar-refractivity contribution in [2.24, 2.45) is 0 Å². The number of aliphatic hydroxyl groups is 2. The van der Waals surface area contributed by atoms with Gasteiger partial charge in [0.05, 0.1) is 25.9 Å². The monoisotopic (exact) mass is 164 g/mol. The van der Waals surface area contributed by atoms with E-state index < -0.39 is 6.10 Å². The standard InChI is InChI=1S/C7H16O4/c1-10-4-2-7(9)6-11-5-3-8/h7-9H,2-6H2,1H3. The summed E-state index contributed by atoms with van der Waals surface area (Å²) in [5, 5.41) is 17.4. The lowest BCUT2D eigenvalue weighted by molar-refractivity contribution is 0.00792. The maximum atomic E-state index is 9.12.